The number of hydrogen-bond acceptors (Lipinski definition) is 2. The van der Waals surface area contributed by atoms with E-state index in [1.165, 1.54) is 12.8 Å². The van der Waals surface area contributed by atoms with E-state index < -0.39 is 0 Å². The molecule has 1 fully saturated rings. The topological polar surface area (TPSA) is 41.1 Å². The van der Waals surface area contributed by atoms with E-state index in [1.807, 2.05) is 31.2 Å². The van der Waals surface area contributed by atoms with Gasteiger partial charge >= 0.3 is 0 Å². The molecule has 1 amide bonds. The molecule has 0 aliphatic carbocycles. The van der Waals surface area contributed by atoms with Gasteiger partial charge in [0.2, 0.25) is 5.91 Å². The zero-order valence-corrected chi connectivity index (χ0v) is 10.3. The maximum Gasteiger partial charge on any atom is 0.241 e. The summed E-state index contributed by atoms with van der Waals surface area (Å²) in [4.78, 5) is 12.1. The molecule has 3 heteroatoms. The molecule has 1 atom stereocenters. The average Bonchev–Trinajstić information content (AvgIpc) is 2.61. The highest BCUT2D eigenvalue weighted by Crippen LogP contribution is 2.15. The molecule has 3 nitrogen and oxygen atoms in total. The maximum absolute atomic E-state index is 12.1. The van der Waals surface area contributed by atoms with Crippen molar-refractivity contribution < 1.29 is 4.79 Å². The molecule has 0 aromatic heterocycles. The summed E-state index contributed by atoms with van der Waals surface area (Å²) in [6.07, 6.45) is 4.48. The Balaban J connectivity index is 1.98. The van der Waals surface area contributed by atoms with Crippen LogP contribution < -0.4 is 10.6 Å². The van der Waals surface area contributed by atoms with Crippen LogP contribution in [-0.4, -0.2) is 18.5 Å². The van der Waals surface area contributed by atoms with Crippen LogP contribution in [0.4, 0.5) is 5.69 Å². The van der Waals surface area contributed by atoms with E-state index in [0.717, 1.165) is 30.6 Å². The molecule has 0 saturated carbocycles. The first kappa shape index (κ1) is 12.1. The summed E-state index contributed by atoms with van der Waals surface area (Å²) in [7, 11) is 0. The molecule has 1 aliphatic heterocycles. The van der Waals surface area contributed by atoms with Crippen LogP contribution >= 0.6 is 0 Å². The third-order valence-electron chi connectivity index (χ3n) is 3.28. The normalized spacial score (nSPS) is 20.6. The summed E-state index contributed by atoms with van der Waals surface area (Å²) >= 11 is 0. The standard InChI is InChI=1S/C14H20N2O/c1-11-7-4-5-8-12(11)16-14(17)13-9-3-2-6-10-15-13/h4-5,7-8,13,15H,2-3,6,9-10H2,1H3,(H,16,17)/t13-/m1/s1. The Morgan fingerprint density at radius 1 is 1.29 bits per heavy atom. The van der Waals surface area contributed by atoms with E-state index >= 15 is 0 Å². The largest absolute Gasteiger partial charge is 0.324 e. The molecule has 1 heterocycles. The van der Waals surface area contributed by atoms with E-state index in [0.29, 0.717) is 0 Å². The third kappa shape index (κ3) is 3.30. The number of benzene rings is 1. The summed E-state index contributed by atoms with van der Waals surface area (Å²) in [5.41, 5.74) is 2.03. The highest BCUT2D eigenvalue weighted by Gasteiger charge is 2.19. The lowest BCUT2D eigenvalue weighted by Crippen LogP contribution is -2.39. The predicted octanol–water partition coefficient (Wildman–Crippen LogP) is 2.47. The molecule has 2 rings (SSSR count). The Hall–Kier alpha value is -1.35. The lowest BCUT2D eigenvalue weighted by Gasteiger charge is -2.16. The monoisotopic (exact) mass is 232 g/mol. The van der Waals surface area contributed by atoms with Crippen molar-refractivity contribution >= 4 is 11.6 Å². The molecule has 2 N–H and O–H groups in total. The molecule has 0 radical (unpaired) electrons. The molecule has 1 aromatic rings. The van der Waals surface area contributed by atoms with Crippen molar-refractivity contribution in [2.45, 2.75) is 38.6 Å². The van der Waals surface area contributed by atoms with Gasteiger partial charge in [-0.1, -0.05) is 31.0 Å². The van der Waals surface area contributed by atoms with Crippen molar-refractivity contribution in [3.05, 3.63) is 29.8 Å². The Morgan fingerprint density at radius 3 is 2.94 bits per heavy atom. The zero-order chi connectivity index (χ0) is 12.1. The SMILES string of the molecule is Cc1ccccc1NC(=O)[C@H]1CCCCCN1. The van der Waals surface area contributed by atoms with Gasteiger partial charge in [-0.15, -0.1) is 0 Å². The van der Waals surface area contributed by atoms with Gasteiger partial charge in [0.1, 0.15) is 0 Å². The number of aryl methyl sites for hydroxylation is 1. The van der Waals surface area contributed by atoms with E-state index in [-0.39, 0.29) is 11.9 Å². The molecule has 0 spiro atoms. The fourth-order valence-corrected chi connectivity index (χ4v) is 2.19. The first-order chi connectivity index (χ1) is 8.27. The van der Waals surface area contributed by atoms with Gasteiger partial charge in [-0.05, 0) is 37.9 Å². The van der Waals surface area contributed by atoms with Crippen molar-refractivity contribution in [2.24, 2.45) is 0 Å². The Labute approximate surface area is 103 Å². The summed E-state index contributed by atoms with van der Waals surface area (Å²) in [6.45, 7) is 2.96. The minimum Gasteiger partial charge on any atom is -0.324 e. The molecule has 1 aliphatic rings. The van der Waals surface area contributed by atoms with Gasteiger partial charge in [0.15, 0.2) is 0 Å². The molecular weight excluding hydrogens is 212 g/mol. The average molecular weight is 232 g/mol. The second-order valence-corrected chi connectivity index (χ2v) is 4.66. The van der Waals surface area contributed by atoms with Gasteiger partial charge < -0.3 is 10.6 Å². The quantitative estimate of drug-likeness (QED) is 0.822. The van der Waals surface area contributed by atoms with Gasteiger partial charge in [-0.2, -0.15) is 0 Å². The number of amides is 1. The van der Waals surface area contributed by atoms with Crippen molar-refractivity contribution in [1.29, 1.82) is 0 Å². The van der Waals surface area contributed by atoms with Gasteiger partial charge in [-0.3, -0.25) is 4.79 Å². The van der Waals surface area contributed by atoms with Crippen molar-refractivity contribution in [2.75, 3.05) is 11.9 Å². The molecule has 0 bridgehead atoms. The number of anilines is 1. The van der Waals surface area contributed by atoms with Crippen molar-refractivity contribution in [3.63, 3.8) is 0 Å². The maximum atomic E-state index is 12.1. The number of carbonyl (C=O) groups is 1. The van der Waals surface area contributed by atoms with Crippen LogP contribution in [0.5, 0.6) is 0 Å². The first-order valence-corrected chi connectivity index (χ1v) is 6.37. The lowest BCUT2D eigenvalue weighted by molar-refractivity contribution is -0.118. The number of carbonyl (C=O) groups excluding carboxylic acids is 1. The van der Waals surface area contributed by atoms with Crippen molar-refractivity contribution in [1.82, 2.24) is 5.32 Å². The number of para-hydroxylation sites is 1. The minimum absolute atomic E-state index is 0.0305. The molecule has 17 heavy (non-hydrogen) atoms. The van der Waals surface area contributed by atoms with E-state index in [9.17, 15) is 4.79 Å². The Kier molecular flexibility index (Phi) is 4.15. The van der Waals surface area contributed by atoms with Gasteiger partial charge in [0.25, 0.3) is 0 Å². The van der Waals surface area contributed by atoms with Crippen molar-refractivity contribution in [3.8, 4) is 0 Å². The van der Waals surface area contributed by atoms with Crippen LogP contribution in [0, 0.1) is 6.92 Å². The first-order valence-electron chi connectivity index (χ1n) is 6.37. The molecular formula is C14H20N2O. The molecule has 1 aromatic carbocycles. The predicted molar refractivity (Wildman–Crippen MR) is 70.1 cm³/mol. The lowest BCUT2D eigenvalue weighted by atomic mass is 10.1. The summed E-state index contributed by atoms with van der Waals surface area (Å²) < 4.78 is 0. The fourth-order valence-electron chi connectivity index (χ4n) is 2.19. The molecule has 1 saturated heterocycles. The fraction of sp³-hybridized carbons (Fsp3) is 0.500. The highest BCUT2D eigenvalue weighted by molar-refractivity contribution is 5.95. The van der Waals surface area contributed by atoms with E-state index in [2.05, 4.69) is 10.6 Å². The summed E-state index contributed by atoms with van der Waals surface area (Å²) in [5, 5.41) is 6.32. The Morgan fingerprint density at radius 2 is 2.12 bits per heavy atom. The number of rotatable bonds is 2. The Bertz CT molecular complexity index is 382. The van der Waals surface area contributed by atoms with Crippen LogP contribution in [0.1, 0.15) is 31.2 Å². The van der Waals surface area contributed by atoms with Crippen LogP contribution in [0.3, 0.4) is 0 Å². The van der Waals surface area contributed by atoms with Gasteiger partial charge in [0.05, 0.1) is 6.04 Å². The number of nitrogens with one attached hydrogen (secondary N) is 2. The summed E-state index contributed by atoms with van der Waals surface area (Å²) in [6, 6.07) is 7.86. The second kappa shape index (κ2) is 5.82. The second-order valence-electron chi connectivity index (χ2n) is 4.66. The molecule has 92 valence electrons. The van der Waals surface area contributed by atoms with Gasteiger partial charge in [-0.25, -0.2) is 0 Å². The molecule has 0 unspecified atom stereocenters. The van der Waals surface area contributed by atoms with Crippen LogP contribution in [0.15, 0.2) is 24.3 Å². The zero-order valence-electron chi connectivity index (χ0n) is 10.3. The van der Waals surface area contributed by atoms with E-state index in [4.69, 9.17) is 0 Å². The van der Waals surface area contributed by atoms with E-state index in [1.54, 1.807) is 0 Å². The minimum atomic E-state index is -0.0305. The highest BCUT2D eigenvalue weighted by atomic mass is 16.2. The summed E-state index contributed by atoms with van der Waals surface area (Å²) in [5.74, 6) is 0.0983. The number of hydrogen-bond donors (Lipinski definition) is 2. The van der Waals surface area contributed by atoms with Crippen LogP contribution in [0.2, 0.25) is 0 Å². The van der Waals surface area contributed by atoms with Crippen LogP contribution in [-0.2, 0) is 4.79 Å². The third-order valence-corrected chi connectivity index (χ3v) is 3.28. The van der Waals surface area contributed by atoms with Crippen LogP contribution in [0.25, 0.3) is 0 Å². The smallest absolute Gasteiger partial charge is 0.241 e. The van der Waals surface area contributed by atoms with Gasteiger partial charge in [0, 0.05) is 5.69 Å².